The number of benzene rings is 1. The van der Waals surface area contributed by atoms with Crippen molar-refractivity contribution >= 4 is 22.9 Å². The fourth-order valence-electron chi connectivity index (χ4n) is 2.90. The van der Waals surface area contributed by atoms with Gasteiger partial charge in [-0.25, -0.2) is 0 Å². The van der Waals surface area contributed by atoms with E-state index in [1.165, 1.54) is 37.7 Å². The lowest BCUT2D eigenvalue weighted by Crippen LogP contribution is -2.22. The lowest BCUT2D eigenvalue weighted by Gasteiger charge is -2.21. The Labute approximate surface area is 121 Å². The van der Waals surface area contributed by atoms with Crippen LogP contribution in [0.15, 0.2) is 18.2 Å². The molecule has 19 heavy (non-hydrogen) atoms. The van der Waals surface area contributed by atoms with Gasteiger partial charge in [-0.1, -0.05) is 44.1 Å². The third-order valence-corrected chi connectivity index (χ3v) is 4.36. The van der Waals surface area contributed by atoms with Crippen LogP contribution in [0.4, 0.5) is 5.69 Å². The fourth-order valence-corrected chi connectivity index (χ4v) is 3.07. The van der Waals surface area contributed by atoms with Crippen molar-refractivity contribution in [1.29, 1.82) is 0 Å². The summed E-state index contributed by atoms with van der Waals surface area (Å²) in [4.78, 5) is 0.480. The van der Waals surface area contributed by atoms with Crippen LogP contribution in [0.1, 0.15) is 50.2 Å². The number of aryl methyl sites for hydroxylation is 1. The zero-order valence-electron chi connectivity index (χ0n) is 11.9. The number of nitrogens with one attached hydrogen (secondary N) is 1. The first-order chi connectivity index (χ1) is 9.08. The Kier molecular flexibility index (Phi) is 4.81. The molecule has 2 nitrogen and oxygen atoms in total. The molecule has 0 aromatic heterocycles. The second-order valence-corrected chi connectivity index (χ2v) is 6.26. The summed E-state index contributed by atoms with van der Waals surface area (Å²) in [5.41, 5.74) is 9.17. The first-order valence-corrected chi connectivity index (χ1v) is 7.64. The van der Waals surface area contributed by atoms with Crippen molar-refractivity contribution in [2.45, 2.75) is 52.0 Å². The third kappa shape index (κ3) is 3.69. The predicted molar refractivity (Wildman–Crippen MR) is 86.7 cm³/mol. The molecule has 1 fully saturated rings. The van der Waals surface area contributed by atoms with Gasteiger partial charge in [0.05, 0.1) is 0 Å². The molecule has 0 bridgehead atoms. The summed E-state index contributed by atoms with van der Waals surface area (Å²) in [6.45, 7) is 4.47. The summed E-state index contributed by atoms with van der Waals surface area (Å²) in [7, 11) is 0. The number of rotatable bonds is 3. The van der Waals surface area contributed by atoms with Crippen molar-refractivity contribution in [3.8, 4) is 0 Å². The maximum atomic E-state index is 5.83. The monoisotopic (exact) mass is 276 g/mol. The Balaban J connectivity index is 2.16. The number of para-hydroxylation sites is 1. The van der Waals surface area contributed by atoms with Crippen molar-refractivity contribution in [3.63, 3.8) is 0 Å². The minimum absolute atomic E-state index is 0.480. The van der Waals surface area contributed by atoms with Crippen molar-refractivity contribution in [2.24, 2.45) is 11.7 Å². The number of hydrogen-bond donors (Lipinski definition) is 2. The van der Waals surface area contributed by atoms with Gasteiger partial charge in [-0.15, -0.1) is 0 Å². The van der Waals surface area contributed by atoms with E-state index in [1.54, 1.807) is 0 Å². The van der Waals surface area contributed by atoms with Crippen LogP contribution in [-0.2, 0) is 0 Å². The average molecular weight is 276 g/mol. The van der Waals surface area contributed by atoms with Crippen molar-refractivity contribution in [1.82, 2.24) is 0 Å². The molecule has 0 radical (unpaired) electrons. The SMILES string of the molecule is Cc1cccc(C(N)=S)c1NC1CCCC(C)CC1. The lowest BCUT2D eigenvalue weighted by molar-refractivity contribution is 0.502. The molecule has 2 unspecified atom stereocenters. The second kappa shape index (κ2) is 6.38. The quantitative estimate of drug-likeness (QED) is 0.647. The van der Waals surface area contributed by atoms with Gasteiger partial charge in [0.25, 0.3) is 0 Å². The lowest BCUT2D eigenvalue weighted by atomic mass is 10.0. The molecule has 1 aromatic carbocycles. The highest BCUT2D eigenvalue weighted by Crippen LogP contribution is 2.28. The smallest absolute Gasteiger partial charge is 0.106 e. The summed E-state index contributed by atoms with van der Waals surface area (Å²) in [6.07, 6.45) is 6.47. The van der Waals surface area contributed by atoms with Crippen LogP contribution in [0, 0.1) is 12.8 Å². The van der Waals surface area contributed by atoms with Crippen LogP contribution < -0.4 is 11.1 Å². The second-order valence-electron chi connectivity index (χ2n) is 5.82. The van der Waals surface area contributed by atoms with Crippen LogP contribution >= 0.6 is 12.2 Å². The molecule has 3 heteroatoms. The highest BCUT2D eigenvalue weighted by molar-refractivity contribution is 7.80. The Morgan fingerprint density at radius 2 is 2.05 bits per heavy atom. The van der Waals surface area contributed by atoms with E-state index in [9.17, 15) is 0 Å². The molecule has 1 saturated carbocycles. The Morgan fingerprint density at radius 1 is 1.26 bits per heavy atom. The molecular formula is C16H24N2S. The number of nitrogens with two attached hydrogens (primary N) is 1. The van der Waals surface area contributed by atoms with E-state index in [1.807, 2.05) is 12.1 Å². The summed E-state index contributed by atoms with van der Waals surface area (Å²) >= 11 is 5.16. The normalized spacial score (nSPS) is 23.7. The van der Waals surface area contributed by atoms with Gasteiger partial charge in [-0.05, 0) is 43.7 Å². The first-order valence-electron chi connectivity index (χ1n) is 7.24. The molecule has 2 rings (SSSR count). The maximum absolute atomic E-state index is 5.83. The fraction of sp³-hybridized carbons (Fsp3) is 0.562. The molecule has 1 aliphatic carbocycles. The van der Waals surface area contributed by atoms with Crippen LogP contribution in [0.5, 0.6) is 0 Å². The molecule has 1 aromatic rings. The van der Waals surface area contributed by atoms with E-state index in [2.05, 4.69) is 25.2 Å². The molecule has 0 spiro atoms. The molecular weight excluding hydrogens is 252 g/mol. The minimum Gasteiger partial charge on any atom is -0.389 e. The zero-order chi connectivity index (χ0) is 13.8. The minimum atomic E-state index is 0.480. The summed E-state index contributed by atoms with van der Waals surface area (Å²) < 4.78 is 0. The predicted octanol–water partition coefficient (Wildman–Crippen LogP) is 4.01. The van der Waals surface area contributed by atoms with E-state index < -0.39 is 0 Å². The van der Waals surface area contributed by atoms with E-state index in [4.69, 9.17) is 18.0 Å². The highest BCUT2D eigenvalue weighted by atomic mass is 32.1. The molecule has 2 atom stereocenters. The van der Waals surface area contributed by atoms with E-state index in [-0.39, 0.29) is 0 Å². The van der Waals surface area contributed by atoms with Crippen LogP contribution in [0.3, 0.4) is 0 Å². The number of thiocarbonyl (C=S) groups is 1. The molecule has 0 aliphatic heterocycles. The topological polar surface area (TPSA) is 38.0 Å². The van der Waals surface area contributed by atoms with Gasteiger partial charge in [0.2, 0.25) is 0 Å². The number of anilines is 1. The average Bonchev–Trinajstić information content (AvgIpc) is 2.56. The zero-order valence-corrected chi connectivity index (χ0v) is 12.7. The van der Waals surface area contributed by atoms with Crippen molar-refractivity contribution in [2.75, 3.05) is 5.32 Å². The van der Waals surface area contributed by atoms with Crippen LogP contribution in [0.2, 0.25) is 0 Å². The summed E-state index contributed by atoms with van der Waals surface area (Å²) in [5, 5.41) is 3.69. The molecule has 0 saturated heterocycles. The Bertz CT molecular complexity index is 456. The molecule has 0 heterocycles. The molecule has 104 valence electrons. The maximum Gasteiger partial charge on any atom is 0.106 e. The third-order valence-electron chi connectivity index (χ3n) is 4.14. The van der Waals surface area contributed by atoms with Crippen molar-refractivity contribution in [3.05, 3.63) is 29.3 Å². The Hall–Kier alpha value is -1.09. The first kappa shape index (κ1) is 14.3. The van der Waals surface area contributed by atoms with E-state index in [0.717, 1.165) is 17.2 Å². The van der Waals surface area contributed by atoms with Crippen molar-refractivity contribution < 1.29 is 0 Å². The van der Waals surface area contributed by atoms with Gasteiger partial charge in [0, 0.05) is 17.3 Å². The highest BCUT2D eigenvalue weighted by Gasteiger charge is 2.18. The van der Waals surface area contributed by atoms with Gasteiger partial charge in [0.1, 0.15) is 4.99 Å². The van der Waals surface area contributed by atoms with Gasteiger partial charge in [-0.2, -0.15) is 0 Å². The largest absolute Gasteiger partial charge is 0.389 e. The van der Waals surface area contributed by atoms with Gasteiger partial charge in [0.15, 0.2) is 0 Å². The molecule has 1 aliphatic rings. The Morgan fingerprint density at radius 3 is 2.79 bits per heavy atom. The van der Waals surface area contributed by atoms with Gasteiger partial charge in [-0.3, -0.25) is 0 Å². The summed E-state index contributed by atoms with van der Waals surface area (Å²) in [5.74, 6) is 0.860. The van der Waals surface area contributed by atoms with E-state index in [0.29, 0.717) is 11.0 Å². The van der Waals surface area contributed by atoms with Crippen LogP contribution in [-0.4, -0.2) is 11.0 Å². The van der Waals surface area contributed by atoms with Crippen LogP contribution in [0.25, 0.3) is 0 Å². The summed E-state index contributed by atoms with van der Waals surface area (Å²) in [6, 6.07) is 6.70. The number of hydrogen-bond acceptors (Lipinski definition) is 2. The molecule has 3 N–H and O–H groups in total. The van der Waals surface area contributed by atoms with Gasteiger partial charge < -0.3 is 11.1 Å². The molecule has 0 amide bonds. The standard InChI is InChI=1S/C16H24N2S/c1-11-5-3-7-13(10-9-11)18-15-12(2)6-4-8-14(15)16(17)19/h4,6,8,11,13,18H,3,5,7,9-10H2,1-2H3,(H2,17,19). The van der Waals surface area contributed by atoms with Gasteiger partial charge >= 0.3 is 0 Å². The van der Waals surface area contributed by atoms with E-state index >= 15 is 0 Å².